The Labute approximate surface area is 112 Å². The number of ether oxygens (including phenoxy) is 1. The maximum atomic E-state index is 5.69. The average Bonchev–Trinajstić information content (AvgIpc) is 2.36. The van der Waals surface area contributed by atoms with Crippen molar-refractivity contribution < 1.29 is 4.74 Å². The van der Waals surface area contributed by atoms with Crippen LogP contribution in [0.1, 0.15) is 33.6 Å². The second kappa shape index (κ2) is 8.98. The molecule has 1 unspecified atom stereocenters. The molecule has 0 aliphatic carbocycles. The maximum absolute atomic E-state index is 5.69. The zero-order valence-electron chi connectivity index (χ0n) is 12.0. The van der Waals surface area contributed by atoms with Gasteiger partial charge in [-0.2, -0.15) is 0 Å². The van der Waals surface area contributed by atoms with Gasteiger partial charge in [-0.3, -0.25) is 0 Å². The minimum absolute atomic E-state index is 0.667. The van der Waals surface area contributed by atoms with Crippen LogP contribution >= 0.6 is 0 Å². The van der Waals surface area contributed by atoms with Crippen LogP contribution in [0.4, 0.5) is 0 Å². The van der Waals surface area contributed by atoms with E-state index in [4.69, 9.17) is 4.74 Å². The Balaban J connectivity index is 2.01. The molecule has 102 valence electrons. The van der Waals surface area contributed by atoms with E-state index in [2.05, 4.69) is 26.1 Å². The van der Waals surface area contributed by atoms with Gasteiger partial charge < -0.3 is 10.1 Å². The Morgan fingerprint density at radius 3 is 2.44 bits per heavy atom. The van der Waals surface area contributed by atoms with Gasteiger partial charge >= 0.3 is 0 Å². The molecular formula is C16H27NO. The van der Waals surface area contributed by atoms with E-state index in [1.807, 2.05) is 30.3 Å². The van der Waals surface area contributed by atoms with Gasteiger partial charge in [0, 0.05) is 0 Å². The van der Waals surface area contributed by atoms with E-state index < -0.39 is 0 Å². The Bertz CT molecular complexity index is 297. The van der Waals surface area contributed by atoms with Crippen molar-refractivity contribution in [3.05, 3.63) is 30.3 Å². The van der Waals surface area contributed by atoms with E-state index in [1.165, 1.54) is 6.42 Å². The number of hydrogen-bond acceptors (Lipinski definition) is 2. The fourth-order valence-electron chi connectivity index (χ4n) is 1.74. The first-order valence-corrected chi connectivity index (χ1v) is 7.07. The summed E-state index contributed by atoms with van der Waals surface area (Å²) in [6, 6.07) is 10.0. The smallest absolute Gasteiger partial charge is 0.119 e. The van der Waals surface area contributed by atoms with E-state index in [1.54, 1.807) is 0 Å². The maximum Gasteiger partial charge on any atom is 0.119 e. The molecule has 0 amide bonds. The summed E-state index contributed by atoms with van der Waals surface area (Å²) in [5.74, 6) is 2.42. The van der Waals surface area contributed by atoms with Gasteiger partial charge in [-0.1, -0.05) is 39.0 Å². The van der Waals surface area contributed by atoms with Gasteiger partial charge in [-0.05, 0) is 49.9 Å². The largest absolute Gasteiger partial charge is 0.494 e. The molecule has 1 N–H and O–H groups in total. The van der Waals surface area contributed by atoms with Crippen LogP contribution in [-0.4, -0.2) is 19.7 Å². The Morgan fingerprint density at radius 1 is 1.06 bits per heavy atom. The normalized spacial score (nSPS) is 12.7. The van der Waals surface area contributed by atoms with Gasteiger partial charge in [0.15, 0.2) is 0 Å². The summed E-state index contributed by atoms with van der Waals surface area (Å²) in [7, 11) is 0. The third-order valence-corrected chi connectivity index (χ3v) is 3.01. The molecule has 2 heteroatoms. The molecule has 0 fully saturated rings. The van der Waals surface area contributed by atoms with E-state index in [-0.39, 0.29) is 0 Å². The van der Waals surface area contributed by atoms with Crippen LogP contribution in [0.25, 0.3) is 0 Å². The molecule has 1 rings (SSSR count). The number of rotatable bonds is 9. The van der Waals surface area contributed by atoms with Crippen molar-refractivity contribution in [1.29, 1.82) is 0 Å². The van der Waals surface area contributed by atoms with Crippen LogP contribution in [0.5, 0.6) is 5.75 Å². The van der Waals surface area contributed by atoms with Gasteiger partial charge in [0.25, 0.3) is 0 Å². The molecule has 0 saturated heterocycles. The minimum atomic E-state index is 0.667. The molecule has 0 heterocycles. The lowest BCUT2D eigenvalue weighted by Gasteiger charge is -2.14. The third-order valence-electron chi connectivity index (χ3n) is 3.01. The first kappa shape index (κ1) is 15.0. The number of para-hydroxylation sites is 1. The number of nitrogens with one attached hydrogen (secondary N) is 1. The standard InChI is InChI=1S/C16H27NO/c1-14(2)9-11-17-13-15(3)10-12-18-16-7-5-4-6-8-16/h4-8,14-15,17H,9-13H2,1-3H3. The zero-order chi connectivity index (χ0) is 13.2. The Hall–Kier alpha value is -1.02. The van der Waals surface area contributed by atoms with Crippen LogP contribution < -0.4 is 10.1 Å². The summed E-state index contributed by atoms with van der Waals surface area (Å²) in [6.07, 6.45) is 2.36. The summed E-state index contributed by atoms with van der Waals surface area (Å²) >= 11 is 0. The molecule has 0 radical (unpaired) electrons. The van der Waals surface area contributed by atoms with E-state index in [9.17, 15) is 0 Å². The van der Waals surface area contributed by atoms with Gasteiger partial charge in [0.05, 0.1) is 6.61 Å². The molecule has 0 bridgehead atoms. The summed E-state index contributed by atoms with van der Waals surface area (Å²) < 4.78 is 5.69. The van der Waals surface area contributed by atoms with Crippen LogP contribution in [0.2, 0.25) is 0 Å². The van der Waals surface area contributed by atoms with Crippen molar-refractivity contribution >= 4 is 0 Å². The lowest BCUT2D eigenvalue weighted by Crippen LogP contribution is -2.24. The van der Waals surface area contributed by atoms with Crippen molar-refractivity contribution in [2.24, 2.45) is 11.8 Å². The Kier molecular flexibility index (Phi) is 7.51. The molecule has 18 heavy (non-hydrogen) atoms. The highest BCUT2D eigenvalue weighted by Gasteiger charge is 2.02. The quantitative estimate of drug-likeness (QED) is 0.673. The predicted octanol–water partition coefficient (Wildman–Crippen LogP) is 3.73. The fraction of sp³-hybridized carbons (Fsp3) is 0.625. The molecule has 1 aromatic carbocycles. The summed E-state index contributed by atoms with van der Waals surface area (Å²) in [6.45, 7) is 9.82. The Morgan fingerprint density at radius 2 is 1.78 bits per heavy atom. The molecule has 2 nitrogen and oxygen atoms in total. The zero-order valence-corrected chi connectivity index (χ0v) is 12.0. The number of benzene rings is 1. The fourth-order valence-corrected chi connectivity index (χ4v) is 1.74. The molecule has 0 aliphatic rings. The van der Waals surface area contributed by atoms with Crippen LogP contribution in [0, 0.1) is 11.8 Å². The summed E-state index contributed by atoms with van der Waals surface area (Å²) in [5, 5.41) is 3.51. The minimum Gasteiger partial charge on any atom is -0.494 e. The van der Waals surface area contributed by atoms with Crippen molar-refractivity contribution in [2.45, 2.75) is 33.6 Å². The third kappa shape index (κ3) is 7.33. The first-order chi connectivity index (χ1) is 8.68. The van der Waals surface area contributed by atoms with E-state index in [0.717, 1.165) is 37.8 Å². The van der Waals surface area contributed by atoms with E-state index in [0.29, 0.717) is 5.92 Å². The van der Waals surface area contributed by atoms with Crippen LogP contribution in [-0.2, 0) is 0 Å². The number of hydrogen-bond donors (Lipinski definition) is 1. The molecule has 0 aliphatic heterocycles. The highest BCUT2D eigenvalue weighted by molar-refractivity contribution is 5.20. The highest BCUT2D eigenvalue weighted by atomic mass is 16.5. The molecule has 0 saturated carbocycles. The average molecular weight is 249 g/mol. The van der Waals surface area contributed by atoms with Crippen LogP contribution in [0.3, 0.4) is 0 Å². The molecule has 1 aromatic rings. The highest BCUT2D eigenvalue weighted by Crippen LogP contribution is 2.10. The summed E-state index contributed by atoms with van der Waals surface area (Å²) in [5.41, 5.74) is 0. The molecular weight excluding hydrogens is 222 g/mol. The summed E-state index contributed by atoms with van der Waals surface area (Å²) in [4.78, 5) is 0. The van der Waals surface area contributed by atoms with Crippen molar-refractivity contribution in [3.63, 3.8) is 0 Å². The monoisotopic (exact) mass is 249 g/mol. The van der Waals surface area contributed by atoms with Gasteiger partial charge in [-0.15, -0.1) is 0 Å². The lowest BCUT2D eigenvalue weighted by molar-refractivity contribution is 0.280. The first-order valence-electron chi connectivity index (χ1n) is 7.07. The van der Waals surface area contributed by atoms with Crippen LogP contribution in [0.15, 0.2) is 30.3 Å². The topological polar surface area (TPSA) is 21.3 Å². The van der Waals surface area contributed by atoms with E-state index >= 15 is 0 Å². The van der Waals surface area contributed by atoms with Crippen molar-refractivity contribution in [3.8, 4) is 5.75 Å². The molecule has 0 aromatic heterocycles. The van der Waals surface area contributed by atoms with Crippen molar-refractivity contribution in [1.82, 2.24) is 5.32 Å². The second-order valence-corrected chi connectivity index (χ2v) is 5.44. The molecule has 1 atom stereocenters. The molecule has 0 spiro atoms. The lowest BCUT2D eigenvalue weighted by atomic mass is 10.1. The SMILES string of the molecule is CC(C)CCNCC(C)CCOc1ccccc1. The second-order valence-electron chi connectivity index (χ2n) is 5.44. The van der Waals surface area contributed by atoms with Gasteiger partial charge in [0.1, 0.15) is 5.75 Å². The van der Waals surface area contributed by atoms with Crippen molar-refractivity contribution in [2.75, 3.05) is 19.7 Å². The predicted molar refractivity (Wildman–Crippen MR) is 78.0 cm³/mol. The van der Waals surface area contributed by atoms with Gasteiger partial charge in [0.2, 0.25) is 0 Å². The van der Waals surface area contributed by atoms with Gasteiger partial charge in [-0.25, -0.2) is 0 Å².